The Hall–Kier alpha value is -1.81. The highest BCUT2D eigenvalue weighted by Crippen LogP contribution is 2.37. The highest BCUT2D eigenvalue weighted by molar-refractivity contribution is 5.98. The van der Waals surface area contributed by atoms with Crippen molar-refractivity contribution < 1.29 is 4.74 Å². The lowest BCUT2D eigenvalue weighted by Crippen LogP contribution is -2.30. The molecule has 4 heteroatoms. The monoisotopic (exact) mass is 255 g/mol. The molecule has 2 aromatic rings. The molecule has 1 aromatic heterocycles. The average Bonchev–Trinajstić information content (AvgIpc) is 3.05. The van der Waals surface area contributed by atoms with E-state index in [2.05, 4.69) is 16.4 Å². The van der Waals surface area contributed by atoms with Crippen LogP contribution in [0, 0.1) is 0 Å². The van der Waals surface area contributed by atoms with Gasteiger partial charge in [-0.25, -0.2) is 0 Å². The predicted octanol–water partition coefficient (Wildman–Crippen LogP) is 2.55. The molecule has 2 aliphatic rings. The number of nitrogens with zero attached hydrogens (tertiary/aromatic N) is 1. The lowest BCUT2D eigenvalue weighted by molar-refractivity contribution is 0.102. The molecule has 0 saturated carbocycles. The van der Waals surface area contributed by atoms with Crippen molar-refractivity contribution in [2.24, 2.45) is 0 Å². The minimum absolute atomic E-state index is 0.359. The van der Waals surface area contributed by atoms with Crippen LogP contribution in [-0.2, 0) is 4.74 Å². The zero-order chi connectivity index (χ0) is 12.8. The summed E-state index contributed by atoms with van der Waals surface area (Å²) in [6.07, 6.45) is 7.91. The van der Waals surface area contributed by atoms with Gasteiger partial charge in [-0.3, -0.25) is 4.98 Å². The van der Waals surface area contributed by atoms with Gasteiger partial charge in [0.1, 0.15) is 0 Å². The Morgan fingerprint density at radius 3 is 3.00 bits per heavy atom. The van der Waals surface area contributed by atoms with Gasteiger partial charge in [0.25, 0.3) is 0 Å². The SMILES string of the molecule is Nc1c(NC2CC3CCC2O3)ccc2cnccc12. The van der Waals surface area contributed by atoms with E-state index in [1.54, 1.807) is 6.20 Å². The van der Waals surface area contributed by atoms with Gasteiger partial charge in [0.2, 0.25) is 0 Å². The fraction of sp³-hybridized carbons (Fsp3) is 0.400. The van der Waals surface area contributed by atoms with Crippen LogP contribution in [0.5, 0.6) is 0 Å². The van der Waals surface area contributed by atoms with E-state index in [0.29, 0.717) is 18.2 Å². The van der Waals surface area contributed by atoms with Gasteiger partial charge in [-0.1, -0.05) is 6.07 Å². The van der Waals surface area contributed by atoms with Crippen LogP contribution >= 0.6 is 0 Å². The van der Waals surface area contributed by atoms with Crippen molar-refractivity contribution in [3.63, 3.8) is 0 Å². The van der Waals surface area contributed by atoms with Crippen LogP contribution in [-0.4, -0.2) is 23.2 Å². The summed E-state index contributed by atoms with van der Waals surface area (Å²) in [6.45, 7) is 0. The molecule has 2 saturated heterocycles. The van der Waals surface area contributed by atoms with Gasteiger partial charge in [0.05, 0.1) is 29.6 Å². The Balaban J connectivity index is 1.66. The first-order chi connectivity index (χ1) is 9.31. The highest BCUT2D eigenvalue weighted by Gasteiger charge is 2.40. The third-order valence-corrected chi connectivity index (χ3v) is 4.31. The standard InChI is InChI=1S/C15H17N3O/c16-15-11-5-6-17-8-9(11)1-3-12(15)18-13-7-10-2-4-14(13)19-10/h1,3,5-6,8,10,13-14,18H,2,4,7,16H2. The maximum Gasteiger partial charge on any atom is 0.0781 e. The van der Waals surface area contributed by atoms with Crippen LogP contribution in [0.1, 0.15) is 19.3 Å². The first-order valence-electron chi connectivity index (χ1n) is 6.85. The average molecular weight is 255 g/mol. The second-order valence-electron chi connectivity index (χ2n) is 5.48. The van der Waals surface area contributed by atoms with E-state index in [1.807, 2.05) is 18.3 Å². The van der Waals surface area contributed by atoms with Crippen LogP contribution in [0.25, 0.3) is 10.8 Å². The molecule has 0 spiro atoms. The number of hydrogen-bond donors (Lipinski definition) is 2. The van der Waals surface area contributed by atoms with Gasteiger partial charge < -0.3 is 15.8 Å². The van der Waals surface area contributed by atoms with Gasteiger partial charge in [0.15, 0.2) is 0 Å². The molecule has 2 aliphatic heterocycles. The van der Waals surface area contributed by atoms with Gasteiger partial charge in [-0.15, -0.1) is 0 Å². The van der Waals surface area contributed by atoms with E-state index >= 15 is 0 Å². The van der Waals surface area contributed by atoms with Crippen molar-refractivity contribution in [2.75, 3.05) is 11.1 Å². The van der Waals surface area contributed by atoms with Crippen LogP contribution in [0.2, 0.25) is 0 Å². The lowest BCUT2D eigenvalue weighted by Gasteiger charge is -2.22. The van der Waals surface area contributed by atoms with Crippen molar-refractivity contribution >= 4 is 22.1 Å². The van der Waals surface area contributed by atoms with Crippen LogP contribution < -0.4 is 11.1 Å². The third-order valence-electron chi connectivity index (χ3n) is 4.31. The van der Waals surface area contributed by atoms with E-state index in [-0.39, 0.29) is 0 Å². The minimum Gasteiger partial charge on any atom is -0.397 e. The van der Waals surface area contributed by atoms with Gasteiger partial charge in [-0.05, 0) is 31.4 Å². The van der Waals surface area contributed by atoms with E-state index < -0.39 is 0 Å². The maximum absolute atomic E-state index is 6.26. The Bertz CT molecular complexity index is 628. The fourth-order valence-corrected chi connectivity index (χ4v) is 3.31. The molecule has 4 nitrogen and oxygen atoms in total. The van der Waals surface area contributed by atoms with Gasteiger partial charge in [0, 0.05) is 23.2 Å². The molecule has 4 rings (SSSR count). The zero-order valence-corrected chi connectivity index (χ0v) is 10.7. The summed E-state index contributed by atoms with van der Waals surface area (Å²) in [6, 6.07) is 6.48. The van der Waals surface area contributed by atoms with E-state index in [9.17, 15) is 0 Å². The van der Waals surface area contributed by atoms with E-state index in [4.69, 9.17) is 10.5 Å². The van der Waals surface area contributed by atoms with Crippen LogP contribution in [0.15, 0.2) is 30.6 Å². The predicted molar refractivity (Wildman–Crippen MR) is 76.1 cm³/mol. The smallest absolute Gasteiger partial charge is 0.0781 e. The number of nitrogens with two attached hydrogens (primary N) is 1. The number of aromatic nitrogens is 1. The molecular formula is C15H17N3O. The summed E-state index contributed by atoms with van der Waals surface area (Å²) in [4.78, 5) is 4.12. The molecule has 3 atom stereocenters. The Labute approximate surface area is 112 Å². The summed E-state index contributed by atoms with van der Waals surface area (Å²) in [5.41, 5.74) is 8.09. The number of ether oxygens (including phenoxy) is 1. The van der Waals surface area contributed by atoms with Crippen molar-refractivity contribution in [1.82, 2.24) is 4.98 Å². The molecule has 98 valence electrons. The topological polar surface area (TPSA) is 60.2 Å². The van der Waals surface area contributed by atoms with E-state index in [1.165, 1.54) is 12.8 Å². The molecule has 3 N–H and O–H groups in total. The number of fused-ring (bicyclic) bond motifs is 3. The number of anilines is 2. The fourth-order valence-electron chi connectivity index (χ4n) is 3.31. The van der Waals surface area contributed by atoms with Crippen molar-refractivity contribution in [1.29, 1.82) is 0 Å². The summed E-state index contributed by atoms with van der Waals surface area (Å²) < 4.78 is 5.87. The number of benzene rings is 1. The zero-order valence-electron chi connectivity index (χ0n) is 10.7. The second-order valence-corrected chi connectivity index (χ2v) is 5.48. The molecular weight excluding hydrogens is 238 g/mol. The molecule has 19 heavy (non-hydrogen) atoms. The number of nitrogens with one attached hydrogen (secondary N) is 1. The molecule has 3 heterocycles. The van der Waals surface area contributed by atoms with Crippen molar-refractivity contribution in [3.05, 3.63) is 30.6 Å². The molecule has 1 aromatic carbocycles. The summed E-state index contributed by atoms with van der Waals surface area (Å²) in [5.74, 6) is 0. The summed E-state index contributed by atoms with van der Waals surface area (Å²) in [5, 5.41) is 5.70. The summed E-state index contributed by atoms with van der Waals surface area (Å²) >= 11 is 0. The van der Waals surface area contributed by atoms with Crippen molar-refractivity contribution in [3.8, 4) is 0 Å². The normalized spacial score (nSPS) is 28.9. The summed E-state index contributed by atoms with van der Waals surface area (Å²) in [7, 11) is 0. The van der Waals surface area contributed by atoms with Gasteiger partial charge >= 0.3 is 0 Å². The molecule has 2 fully saturated rings. The first kappa shape index (κ1) is 11.1. The Morgan fingerprint density at radius 1 is 1.26 bits per heavy atom. The molecule has 0 amide bonds. The first-order valence-corrected chi connectivity index (χ1v) is 6.85. The lowest BCUT2D eigenvalue weighted by atomic mass is 9.95. The van der Waals surface area contributed by atoms with Crippen molar-refractivity contribution in [2.45, 2.75) is 37.5 Å². The number of nitrogen functional groups attached to an aromatic ring is 1. The second kappa shape index (κ2) is 4.10. The maximum atomic E-state index is 6.26. The largest absolute Gasteiger partial charge is 0.397 e. The Morgan fingerprint density at radius 2 is 2.21 bits per heavy atom. The molecule has 0 aliphatic carbocycles. The number of pyridine rings is 1. The molecule has 3 unspecified atom stereocenters. The number of hydrogen-bond acceptors (Lipinski definition) is 4. The van der Waals surface area contributed by atoms with Crippen LogP contribution in [0.4, 0.5) is 11.4 Å². The quantitative estimate of drug-likeness (QED) is 0.810. The van der Waals surface area contributed by atoms with Gasteiger partial charge in [-0.2, -0.15) is 0 Å². The molecule has 0 radical (unpaired) electrons. The minimum atomic E-state index is 0.359. The van der Waals surface area contributed by atoms with E-state index in [0.717, 1.165) is 28.6 Å². The number of rotatable bonds is 2. The Kier molecular flexibility index (Phi) is 2.38. The highest BCUT2D eigenvalue weighted by atomic mass is 16.5. The molecule has 2 bridgehead atoms. The third kappa shape index (κ3) is 1.75. The van der Waals surface area contributed by atoms with Crippen LogP contribution in [0.3, 0.4) is 0 Å².